The van der Waals surface area contributed by atoms with Crippen LogP contribution in [0.4, 0.5) is 0 Å². The van der Waals surface area contributed by atoms with E-state index in [0.717, 1.165) is 0 Å². The third kappa shape index (κ3) is 13.8. The van der Waals surface area contributed by atoms with Crippen LogP contribution in [0.25, 0.3) is 0 Å². The van der Waals surface area contributed by atoms with Crippen LogP contribution in [0.15, 0.2) is 47.6 Å². The predicted molar refractivity (Wildman–Crippen MR) is 97.2 cm³/mol. The minimum Gasteiger partial charge on any atom is -0.147 e. The molecule has 0 aromatic carbocycles. The maximum atomic E-state index is 2.25. The monoisotopic (exact) mass is 406 g/mol. The van der Waals surface area contributed by atoms with Crippen molar-refractivity contribution in [2.24, 2.45) is 0 Å². The third-order valence-corrected chi connectivity index (χ3v) is 3.40. The average molecular weight is 409 g/mol. The fraction of sp³-hybridized carbons (Fsp3) is 0.556. The molecule has 3 heteroatoms. The van der Waals surface area contributed by atoms with Crippen molar-refractivity contribution in [3.05, 3.63) is 47.6 Å². The standard InChI is InChI=1S/2C9H14.2ClH.Zr/c2*1-2-3-6-9-7-4-5-8-9;;;/h2*4-5,7H,2-3,6,8H2,1H3;2*1H;. The van der Waals surface area contributed by atoms with Crippen LogP contribution in [0.1, 0.15) is 65.2 Å². The maximum absolute atomic E-state index is 2.25. The molecule has 0 N–H and O–H groups in total. The summed E-state index contributed by atoms with van der Waals surface area (Å²) >= 11 is 0. The molecule has 0 aromatic heterocycles. The fourth-order valence-corrected chi connectivity index (χ4v) is 2.16. The van der Waals surface area contributed by atoms with Crippen molar-refractivity contribution in [3.63, 3.8) is 0 Å². The van der Waals surface area contributed by atoms with Crippen molar-refractivity contribution in [3.8, 4) is 0 Å². The molecule has 120 valence electrons. The van der Waals surface area contributed by atoms with Crippen molar-refractivity contribution in [2.45, 2.75) is 65.2 Å². The second-order valence-corrected chi connectivity index (χ2v) is 5.12. The van der Waals surface area contributed by atoms with E-state index in [1.807, 2.05) is 0 Å². The zero-order chi connectivity index (χ0) is 13.1. The Balaban J connectivity index is -0.000000270. The van der Waals surface area contributed by atoms with Gasteiger partial charge < -0.3 is 0 Å². The van der Waals surface area contributed by atoms with E-state index in [0.29, 0.717) is 0 Å². The fourth-order valence-electron chi connectivity index (χ4n) is 2.16. The molecule has 0 atom stereocenters. The first-order valence-corrected chi connectivity index (χ1v) is 7.56. The zero-order valence-corrected chi connectivity index (χ0v) is 17.5. The SMILES string of the molecule is CCCCC1=CC=CC1.CCCCC1=CC=CC1.Cl.Cl.[Zr]. The maximum Gasteiger partial charge on any atom is 0 e. The molecule has 0 saturated heterocycles. The molecule has 0 heterocycles. The Labute approximate surface area is 163 Å². The van der Waals surface area contributed by atoms with E-state index in [2.05, 4.69) is 50.3 Å². The Morgan fingerprint density at radius 1 is 0.762 bits per heavy atom. The summed E-state index contributed by atoms with van der Waals surface area (Å²) in [4.78, 5) is 0. The number of hydrogen-bond acceptors (Lipinski definition) is 0. The van der Waals surface area contributed by atoms with Crippen LogP contribution in [0.5, 0.6) is 0 Å². The number of allylic oxidation sites excluding steroid dienone is 8. The molecule has 0 amide bonds. The minimum atomic E-state index is 0. The molecule has 21 heavy (non-hydrogen) atoms. The van der Waals surface area contributed by atoms with Gasteiger partial charge in [0.25, 0.3) is 0 Å². The van der Waals surface area contributed by atoms with Gasteiger partial charge in [-0.15, -0.1) is 24.8 Å². The summed E-state index contributed by atoms with van der Waals surface area (Å²) in [7, 11) is 0. The van der Waals surface area contributed by atoms with Gasteiger partial charge in [0, 0.05) is 26.2 Å². The first-order chi connectivity index (χ1) is 8.86. The molecule has 0 aliphatic heterocycles. The zero-order valence-electron chi connectivity index (χ0n) is 13.4. The topological polar surface area (TPSA) is 0 Å². The Morgan fingerprint density at radius 3 is 1.38 bits per heavy atom. The summed E-state index contributed by atoms with van der Waals surface area (Å²) in [6, 6.07) is 0. The quantitative estimate of drug-likeness (QED) is 0.445. The normalized spacial score (nSPS) is 14.0. The van der Waals surface area contributed by atoms with E-state index < -0.39 is 0 Å². The molecule has 0 bridgehead atoms. The number of halogens is 2. The van der Waals surface area contributed by atoms with E-state index in [1.54, 1.807) is 11.1 Å². The van der Waals surface area contributed by atoms with Gasteiger partial charge in [-0.3, -0.25) is 0 Å². The first kappa shape index (κ1) is 26.3. The first-order valence-electron chi connectivity index (χ1n) is 7.56. The van der Waals surface area contributed by atoms with Gasteiger partial charge in [0.05, 0.1) is 0 Å². The summed E-state index contributed by atoms with van der Waals surface area (Å²) in [6.07, 6.45) is 23.6. The number of hydrogen-bond donors (Lipinski definition) is 0. The smallest absolute Gasteiger partial charge is 0 e. The van der Waals surface area contributed by atoms with Crippen molar-refractivity contribution in [1.82, 2.24) is 0 Å². The largest absolute Gasteiger partial charge is 0.147 e. The second kappa shape index (κ2) is 18.5. The molecule has 2 rings (SSSR count). The van der Waals surface area contributed by atoms with Crippen molar-refractivity contribution < 1.29 is 26.2 Å². The molecular formula is C18H30Cl2Zr. The van der Waals surface area contributed by atoms with Crippen LogP contribution >= 0.6 is 24.8 Å². The van der Waals surface area contributed by atoms with Crippen LogP contribution in [0, 0.1) is 0 Å². The van der Waals surface area contributed by atoms with Crippen molar-refractivity contribution in [2.75, 3.05) is 0 Å². The number of rotatable bonds is 6. The second-order valence-electron chi connectivity index (χ2n) is 5.12. The van der Waals surface area contributed by atoms with Crippen LogP contribution in [0.3, 0.4) is 0 Å². The predicted octanol–water partition coefficient (Wildman–Crippen LogP) is 6.97. The molecule has 0 unspecified atom stereocenters. The van der Waals surface area contributed by atoms with Gasteiger partial charge >= 0.3 is 0 Å². The van der Waals surface area contributed by atoms with Crippen molar-refractivity contribution >= 4 is 24.8 Å². The van der Waals surface area contributed by atoms with Gasteiger partial charge in [0.2, 0.25) is 0 Å². The summed E-state index contributed by atoms with van der Waals surface area (Å²) < 4.78 is 0. The molecule has 0 radical (unpaired) electrons. The van der Waals surface area contributed by atoms with Crippen LogP contribution < -0.4 is 0 Å². The van der Waals surface area contributed by atoms with E-state index in [-0.39, 0.29) is 51.0 Å². The molecule has 2 aliphatic rings. The van der Waals surface area contributed by atoms with Gasteiger partial charge in [-0.2, -0.15) is 0 Å². The summed E-state index contributed by atoms with van der Waals surface area (Å²) in [5.74, 6) is 0. The molecule has 0 aromatic rings. The molecular weight excluding hydrogens is 378 g/mol. The van der Waals surface area contributed by atoms with Crippen LogP contribution in [0.2, 0.25) is 0 Å². The Kier molecular flexibility index (Phi) is 23.2. The van der Waals surface area contributed by atoms with Gasteiger partial charge in [0.15, 0.2) is 0 Å². The summed E-state index contributed by atoms with van der Waals surface area (Å²) in [5.41, 5.74) is 3.22. The Hall–Kier alpha value is 0.423. The summed E-state index contributed by atoms with van der Waals surface area (Å²) in [5, 5.41) is 0. The number of unbranched alkanes of at least 4 members (excludes halogenated alkanes) is 2. The van der Waals surface area contributed by atoms with Gasteiger partial charge in [-0.1, -0.05) is 74.3 Å². The molecule has 0 saturated carbocycles. The minimum absolute atomic E-state index is 0. The molecule has 0 fully saturated rings. The molecule has 0 nitrogen and oxygen atoms in total. The molecule has 0 spiro atoms. The third-order valence-electron chi connectivity index (χ3n) is 3.40. The van der Waals surface area contributed by atoms with Crippen LogP contribution in [-0.4, -0.2) is 0 Å². The van der Waals surface area contributed by atoms with Crippen molar-refractivity contribution in [1.29, 1.82) is 0 Å². The Bertz CT molecular complexity index is 307. The van der Waals surface area contributed by atoms with E-state index in [1.165, 1.54) is 51.4 Å². The van der Waals surface area contributed by atoms with Crippen LogP contribution in [-0.2, 0) is 26.2 Å². The van der Waals surface area contributed by atoms with E-state index in [4.69, 9.17) is 0 Å². The Morgan fingerprint density at radius 2 is 1.14 bits per heavy atom. The summed E-state index contributed by atoms with van der Waals surface area (Å²) in [6.45, 7) is 4.48. The van der Waals surface area contributed by atoms with Gasteiger partial charge in [0.1, 0.15) is 0 Å². The van der Waals surface area contributed by atoms with Gasteiger partial charge in [-0.25, -0.2) is 0 Å². The molecule has 2 aliphatic carbocycles. The van der Waals surface area contributed by atoms with E-state index >= 15 is 0 Å². The average Bonchev–Trinajstić information content (AvgIpc) is 3.07. The van der Waals surface area contributed by atoms with Gasteiger partial charge in [-0.05, 0) is 38.5 Å². The van der Waals surface area contributed by atoms with E-state index in [9.17, 15) is 0 Å².